The molecule has 0 unspecified atom stereocenters. The van der Waals surface area contributed by atoms with Gasteiger partial charge in [0, 0.05) is 11.1 Å². The summed E-state index contributed by atoms with van der Waals surface area (Å²) in [6.45, 7) is -0.358. The lowest BCUT2D eigenvalue weighted by molar-refractivity contribution is -0.125. The summed E-state index contributed by atoms with van der Waals surface area (Å²) in [4.78, 5) is 30.0. The lowest BCUT2D eigenvalue weighted by Gasteiger charge is -2.22. The quantitative estimate of drug-likeness (QED) is 0.873. The number of hydrogen-bond acceptors (Lipinski definition) is 5. The average Bonchev–Trinajstić information content (AvgIpc) is 2.96. The minimum Gasteiger partial charge on any atom is -0.385 e. The highest BCUT2D eigenvalue weighted by Crippen LogP contribution is 2.17. The molecule has 2 N–H and O–H groups in total. The molecule has 8 nitrogen and oxygen atoms in total. The number of amides is 3. The van der Waals surface area contributed by atoms with Crippen molar-refractivity contribution >= 4 is 34.6 Å². The maximum Gasteiger partial charge on any atom is 0.321 e. The van der Waals surface area contributed by atoms with E-state index in [1.165, 1.54) is 6.42 Å². The minimum absolute atomic E-state index is 0.133. The normalized spacial score (nSPS) is 15.2. The molecule has 1 aliphatic carbocycles. The number of nitrogens with one attached hydrogen (secondary N) is 2. The Kier molecular flexibility index (Phi) is 5.14. The topological polar surface area (TPSA) is 98.1 Å². The maximum atomic E-state index is 11.8. The second-order valence-electron chi connectivity index (χ2n) is 5.73. The fraction of sp³-hybridized carbons (Fsp3) is 0.467. The van der Waals surface area contributed by atoms with Crippen molar-refractivity contribution in [2.75, 3.05) is 6.61 Å². The molecule has 24 heavy (non-hydrogen) atoms. The fourth-order valence-corrected chi connectivity index (χ4v) is 2.88. The van der Waals surface area contributed by atoms with E-state index < -0.39 is 11.9 Å². The molecular formula is C15H18ClN5O3. The molecule has 0 spiro atoms. The fourth-order valence-electron chi connectivity index (χ4n) is 2.72. The predicted octanol–water partition coefficient (Wildman–Crippen LogP) is 1.67. The van der Waals surface area contributed by atoms with Crippen LogP contribution in [0.15, 0.2) is 18.2 Å². The lowest BCUT2D eigenvalue weighted by atomic mass is 9.96. The molecule has 0 aliphatic heterocycles. The summed E-state index contributed by atoms with van der Waals surface area (Å²) in [5.41, 5.74) is 1.14. The summed E-state index contributed by atoms with van der Waals surface area (Å²) >= 11 is 5.92. The van der Waals surface area contributed by atoms with Crippen LogP contribution in [0.3, 0.4) is 0 Å². The second-order valence-corrected chi connectivity index (χ2v) is 6.16. The molecular weight excluding hydrogens is 334 g/mol. The Morgan fingerprint density at radius 1 is 1.29 bits per heavy atom. The molecule has 1 heterocycles. The first kappa shape index (κ1) is 16.5. The molecule has 0 saturated heterocycles. The molecule has 0 radical (unpaired) electrons. The van der Waals surface area contributed by atoms with Gasteiger partial charge in [-0.15, -0.1) is 5.10 Å². The monoisotopic (exact) mass is 351 g/mol. The Hall–Kier alpha value is -2.35. The van der Waals surface area contributed by atoms with Gasteiger partial charge in [0.1, 0.15) is 11.0 Å². The van der Waals surface area contributed by atoms with E-state index in [0.717, 1.165) is 30.5 Å². The summed E-state index contributed by atoms with van der Waals surface area (Å²) < 4.78 is 0. The third-order valence-electron chi connectivity index (χ3n) is 3.89. The number of rotatable bonds is 4. The zero-order chi connectivity index (χ0) is 16.9. The average molecular weight is 352 g/mol. The molecule has 9 heteroatoms. The number of imide groups is 1. The van der Waals surface area contributed by atoms with Gasteiger partial charge in [-0.1, -0.05) is 35.7 Å². The number of hydrogen-bond donors (Lipinski definition) is 2. The van der Waals surface area contributed by atoms with Crippen molar-refractivity contribution < 1.29 is 14.4 Å². The SMILES string of the molecule is O=C(COn1nnc2ccc(Cl)cc21)NC(=O)NC1CCCCC1. The number of carbonyl (C=O) groups excluding carboxylic acids is 2. The van der Waals surface area contributed by atoms with E-state index in [4.69, 9.17) is 16.4 Å². The van der Waals surface area contributed by atoms with Gasteiger partial charge in [0.15, 0.2) is 6.61 Å². The molecule has 0 atom stereocenters. The van der Waals surface area contributed by atoms with Gasteiger partial charge in [-0.25, -0.2) is 4.79 Å². The minimum atomic E-state index is -0.561. The molecule has 1 aromatic heterocycles. The number of fused-ring (bicyclic) bond motifs is 1. The molecule has 2 aromatic rings. The number of nitrogens with zero attached hydrogens (tertiary/aromatic N) is 3. The second kappa shape index (κ2) is 7.48. The Morgan fingerprint density at radius 2 is 2.08 bits per heavy atom. The van der Waals surface area contributed by atoms with Crippen LogP contribution in [0, 0.1) is 0 Å². The van der Waals surface area contributed by atoms with E-state index in [0.29, 0.717) is 16.1 Å². The Balaban J connectivity index is 1.49. The summed E-state index contributed by atoms with van der Waals surface area (Å²) in [6.07, 6.45) is 5.30. The van der Waals surface area contributed by atoms with E-state index in [-0.39, 0.29) is 12.6 Å². The van der Waals surface area contributed by atoms with Crippen LogP contribution in [0.1, 0.15) is 32.1 Å². The van der Waals surface area contributed by atoms with Gasteiger partial charge in [0.2, 0.25) is 0 Å². The predicted molar refractivity (Wildman–Crippen MR) is 87.5 cm³/mol. The Morgan fingerprint density at radius 3 is 2.88 bits per heavy atom. The van der Waals surface area contributed by atoms with Crippen LogP contribution < -0.4 is 15.5 Å². The molecule has 1 saturated carbocycles. The smallest absolute Gasteiger partial charge is 0.321 e. The largest absolute Gasteiger partial charge is 0.385 e. The first-order valence-corrected chi connectivity index (χ1v) is 8.24. The van der Waals surface area contributed by atoms with Crippen LogP contribution in [-0.4, -0.2) is 39.7 Å². The van der Waals surface area contributed by atoms with Crippen LogP contribution in [0.2, 0.25) is 5.02 Å². The van der Waals surface area contributed by atoms with Crippen LogP contribution in [0.5, 0.6) is 0 Å². The third kappa shape index (κ3) is 4.14. The third-order valence-corrected chi connectivity index (χ3v) is 4.12. The summed E-state index contributed by atoms with van der Waals surface area (Å²) in [6, 6.07) is 4.65. The highest BCUT2D eigenvalue weighted by Gasteiger charge is 2.17. The maximum absolute atomic E-state index is 11.8. The van der Waals surface area contributed by atoms with Gasteiger partial charge in [0.05, 0.1) is 0 Å². The highest BCUT2D eigenvalue weighted by molar-refractivity contribution is 6.31. The van der Waals surface area contributed by atoms with Crippen molar-refractivity contribution in [3.05, 3.63) is 23.2 Å². The number of carbonyl (C=O) groups is 2. The van der Waals surface area contributed by atoms with Gasteiger partial charge in [-0.05, 0) is 36.3 Å². The van der Waals surface area contributed by atoms with Gasteiger partial charge in [-0.2, -0.15) is 0 Å². The van der Waals surface area contributed by atoms with Crippen LogP contribution in [-0.2, 0) is 4.79 Å². The van der Waals surface area contributed by atoms with Gasteiger partial charge in [0.25, 0.3) is 5.91 Å². The van der Waals surface area contributed by atoms with E-state index in [1.54, 1.807) is 18.2 Å². The van der Waals surface area contributed by atoms with E-state index in [2.05, 4.69) is 20.9 Å². The van der Waals surface area contributed by atoms with Crippen molar-refractivity contribution in [1.29, 1.82) is 0 Å². The van der Waals surface area contributed by atoms with Gasteiger partial charge in [-0.3, -0.25) is 10.1 Å². The number of benzene rings is 1. The van der Waals surface area contributed by atoms with Crippen molar-refractivity contribution in [1.82, 2.24) is 25.8 Å². The Bertz CT molecular complexity index is 742. The molecule has 1 fully saturated rings. The lowest BCUT2D eigenvalue weighted by Crippen LogP contribution is -2.46. The molecule has 1 aliphatic rings. The molecule has 1 aromatic carbocycles. The van der Waals surface area contributed by atoms with Gasteiger partial charge < -0.3 is 10.2 Å². The summed E-state index contributed by atoms with van der Waals surface area (Å²) in [5, 5.41) is 13.2. The van der Waals surface area contributed by atoms with Gasteiger partial charge >= 0.3 is 6.03 Å². The summed E-state index contributed by atoms with van der Waals surface area (Å²) in [7, 11) is 0. The van der Waals surface area contributed by atoms with Crippen LogP contribution in [0.25, 0.3) is 11.0 Å². The highest BCUT2D eigenvalue weighted by atomic mass is 35.5. The first-order valence-electron chi connectivity index (χ1n) is 7.86. The van der Waals surface area contributed by atoms with Crippen LogP contribution in [0.4, 0.5) is 4.79 Å². The van der Waals surface area contributed by atoms with Crippen molar-refractivity contribution in [3.63, 3.8) is 0 Å². The standard InChI is InChI=1S/C15H18ClN5O3/c16-10-6-7-12-13(8-10)21(20-19-12)24-9-14(22)18-15(23)17-11-4-2-1-3-5-11/h6-8,11H,1-5,9H2,(H2,17,18,22,23). The Labute approximate surface area is 143 Å². The van der Waals surface area contributed by atoms with E-state index in [1.807, 2.05) is 0 Å². The van der Waals surface area contributed by atoms with Crippen LogP contribution >= 0.6 is 11.6 Å². The zero-order valence-corrected chi connectivity index (χ0v) is 13.8. The molecule has 3 rings (SSSR count). The van der Waals surface area contributed by atoms with E-state index >= 15 is 0 Å². The first-order chi connectivity index (χ1) is 11.6. The molecule has 0 bridgehead atoms. The van der Waals surface area contributed by atoms with Crippen molar-refractivity contribution in [3.8, 4) is 0 Å². The number of urea groups is 1. The van der Waals surface area contributed by atoms with Crippen molar-refractivity contribution in [2.45, 2.75) is 38.1 Å². The number of halogens is 1. The number of aromatic nitrogens is 3. The summed E-state index contributed by atoms with van der Waals surface area (Å²) in [5.74, 6) is -0.561. The van der Waals surface area contributed by atoms with Crippen molar-refractivity contribution in [2.24, 2.45) is 0 Å². The molecule has 128 valence electrons. The molecule has 3 amide bonds. The zero-order valence-electron chi connectivity index (χ0n) is 13.0. The van der Waals surface area contributed by atoms with E-state index in [9.17, 15) is 9.59 Å².